The first kappa shape index (κ1) is 22.8. The monoisotopic (exact) mass is 428 g/mol. The van der Waals surface area contributed by atoms with Crippen LogP contribution in [0.5, 0.6) is 5.75 Å². The van der Waals surface area contributed by atoms with E-state index in [0.717, 1.165) is 33.0 Å². The Hall–Kier alpha value is -2.53. The van der Waals surface area contributed by atoms with Gasteiger partial charge in [-0.05, 0) is 39.5 Å². The molecule has 0 spiro atoms. The van der Waals surface area contributed by atoms with Crippen LogP contribution in [0.3, 0.4) is 0 Å². The topological polar surface area (TPSA) is 68.7 Å². The molecule has 1 saturated carbocycles. The lowest BCUT2D eigenvalue weighted by Gasteiger charge is -2.38. The van der Waals surface area contributed by atoms with Gasteiger partial charge in [-0.15, -0.1) is 0 Å². The number of amides is 1. The molecule has 1 aliphatic rings. The summed E-state index contributed by atoms with van der Waals surface area (Å²) in [4.78, 5) is 29.9. The van der Waals surface area contributed by atoms with E-state index in [0.29, 0.717) is 18.4 Å². The highest BCUT2D eigenvalue weighted by Gasteiger charge is 2.55. The second kappa shape index (κ2) is 7.71. The highest BCUT2D eigenvalue weighted by atomic mass is 19.4. The van der Waals surface area contributed by atoms with Crippen molar-refractivity contribution in [1.82, 2.24) is 9.88 Å². The average molecular weight is 428 g/mol. The van der Waals surface area contributed by atoms with E-state index in [1.165, 1.54) is 0 Å². The van der Waals surface area contributed by atoms with Crippen LogP contribution in [0.25, 0.3) is 0 Å². The lowest BCUT2D eigenvalue weighted by Crippen LogP contribution is -2.59. The second-order valence-corrected chi connectivity index (χ2v) is 7.50. The third-order valence-corrected chi connectivity index (χ3v) is 3.99. The second-order valence-electron chi connectivity index (χ2n) is 7.50. The van der Waals surface area contributed by atoms with Gasteiger partial charge in [0.25, 0.3) is 5.91 Å². The number of hydrogen-bond acceptors (Lipinski definition) is 5. The predicted molar refractivity (Wildman–Crippen MR) is 85.8 cm³/mol. The molecule has 0 aliphatic heterocycles. The largest absolute Gasteiger partial charge is 0.484 e. The quantitative estimate of drug-likeness (QED) is 0.503. The smallest absolute Gasteiger partial charge is 0.440 e. The predicted octanol–water partition coefficient (Wildman–Crippen LogP) is 4.16. The molecule has 6 nitrogen and oxygen atoms in total. The van der Waals surface area contributed by atoms with E-state index in [9.17, 15) is 36.1 Å². The van der Waals surface area contributed by atoms with Gasteiger partial charge in [-0.25, -0.2) is 9.74 Å². The van der Waals surface area contributed by atoms with E-state index < -0.39 is 41.9 Å². The minimum Gasteiger partial charge on any atom is -0.484 e. The Kier molecular flexibility index (Phi) is 6.05. The molecule has 0 saturated heterocycles. The summed E-state index contributed by atoms with van der Waals surface area (Å²) < 4.78 is 83.0. The number of hydrogen-bond donors (Lipinski definition) is 0. The van der Waals surface area contributed by atoms with E-state index in [2.05, 4.69) is 9.93 Å². The van der Waals surface area contributed by atoms with Crippen LogP contribution in [0.15, 0.2) is 12.3 Å². The molecule has 1 amide bonds. The van der Waals surface area contributed by atoms with Crippen LogP contribution < -0.4 is 4.74 Å². The van der Waals surface area contributed by atoms with Gasteiger partial charge in [-0.1, -0.05) is 0 Å². The first-order valence-corrected chi connectivity index (χ1v) is 8.43. The first-order valence-electron chi connectivity index (χ1n) is 8.43. The van der Waals surface area contributed by atoms with Gasteiger partial charge in [0.1, 0.15) is 11.4 Å². The van der Waals surface area contributed by atoms with Crippen molar-refractivity contribution in [3.63, 3.8) is 0 Å². The van der Waals surface area contributed by atoms with Crippen molar-refractivity contribution in [2.24, 2.45) is 0 Å². The molecule has 29 heavy (non-hydrogen) atoms. The molecule has 162 valence electrons. The summed E-state index contributed by atoms with van der Waals surface area (Å²) in [6.45, 7) is 1.77. The molecule has 0 atom stereocenters. The number of carbonyl (C=O) groups is 2. The summed E-state index contributed by atoms with van der Waals surface area (Å²) in [5.74, 6) is -4.58. The Labute approximate surface area is 161 Å². The molecule has 0 bridgehead atoms. The molecule has 0 unspecified atom stereocenters. The normalized spacial score (nSPS) is 15.1. The van der Waals surface area contributed by atoms with Crippen LogP contribution in [0.4, 0.5) is 26.5 Å². The zero-order valence-electron chi connectivity index (χ0n) is 15.6. The van der Waals surface area contributed by atoms with Gasteiger partial charge in [-0.2, -0.15) is 22.0 Å². The van der Waals surface area contributed by atoms with E-state index >= 15 is 0 Å². The van der Waals surface area contributed by atoms with Crippen molar-refractivity contribution in [3.05, 3.63) is 23.5 Å². The van der Waals surface area contributed by atoms with Crippen molar-refractivity contribution >= 4 is 11.9 Å². The molecule has 1 aromatic rings. The van der Waals surface area contributed by atoms with E-state index in [1.54, 1.807) is 0 Å². The van der Waals surface area contributed by atoms with Gasteiger partial charge >= 0.3 is 18.2 Å². The summed E-state index contributed by atoms with van der Waals surface area (Å²) in [6.07, 6.45) is -2.25. The van der Waals surface area contributed by atoms with E-state index in [4.69, 9.17) is 4.74 Å². The average Bonchev–Trinajstić information content (AvgIpc) is 3.41. The number of pyridine rings is 1. The van der Waals surface area contributed by atoms with Crippen LogP contribution in [-0.2, 0) is 9.74 Å². The van der Waals surface area contributed by atoms with Gasteiger partial charge in [0, 0.05) is 27.9 Å². The minimum atomic E-state index is -4.70. The van der Waals surface area contributed by atoms with Gasteiger partial charge in [0.05, 0.1) is 0 Å². The molecule has 1 fully saturated rings. The molecule has 1 aliphatic carbocycles. The van der Waals surface area contributed by atoms with Crippen molar-refractivity contribution in [3.8, 4) is 5.75 Å². The fraction of sp³-hybridized carbons (Fsp3) is 0.588. The van der Waals surface area contributed by atoms with Crippen molar-refractivity contribution in [1.29, 1.82) is 0 Å². The Morgan fingerprint density at radius 1 is 1.17 bits per heavy atom. The van der Waals surface area contributed by atoms with Crippen LogP contribution in [0, 0.1) is 0 Å². The van der Waals surface area contributed by atoms with Crippen LogP contribution >= 0.6 is 0 Å². The van der Waals surface area contributed by atoms with E-state index in [-0.39, 0.29) is 16.6 Å². The fourth-order valence-electron chi connectivity index (χ4n) is 2.66. The molecule has 0 radical (unpaired) electrons. The third kappa shape index (κ3) is 5.30. The fourth-order valence-corrected chi connectivity index (χ4v) is 2.66. The van der Waals surface area contributed by atoms with Crippen molar-refractivity contribution in [2.45, 2.75) is 57.3 Å². The van der Waals surface area contributed by atoms with Crippen LogP contribution in [0.1, 0.15) is 55.6 Å². The lowest BCUT2D eigenvalue weighted by molar-refractivity contribution is -0.238. The van der Waals surface area contributed by atoms with Gasteiger partial charge < -0.3 is 4.74 Å². The molecular weight excluding hydrogens is 410 g/mol. The maximum atomic E-state index is 14.3. The van der Waals surface area contributed by atoms with Crippen molar-refractivity contribution in [2.75, 3.05) is 6.61 Å². The number of aromatic nitrogens is 1. The maximum absolute atomic E-state index is 14.3. The Morgan fingerprint density at radius 2 is 1.76 bits per heavy atom. The SMILES string of the molecule is CC(C)(C)N(C(=O)c1cc(OCC(F)(F)F)c(C2CC2)cn1)C(F)(F)C(=O)OF. The number of ether oxygens (including phenoxy) is 1. The number of alkyl halides is 5. The highest BCUT2D eigenvalue weighted by molar-refractivity contribution is 5.96. The Morgan fingerprint density at radius 3 is 2.21 bits per heavy atom. The summed E-state index contributed by atoms with van der Waals surface area (Å²) in [6, 6.07) is -3.90. The summed E-state index contributed by atoms with van der Waals surface area (Å²) in [5.41, 5.74) is -2.10. The van der Waals surface area contributed by atoms with Crippen molar-refractivity contribution < 1.29 is 45.7 Å². The molecule has 1 aromatic heterocycles. The molecule has 12 heteroatoms. The minimum absolute atomic E-state index is 0.114. The molecule has 0 N–H and O–H groups in total. The molecule has 0 aromatic carbocycles. The zero-order valence-corrected chi connectivity index (χ0v) is 15.6. The molecule has 2 rings (SSSR count). The summed E-state index contributed by atoms with van der Waals surface area (Å²) in [5, 5.41) is 0. The summed E-state index contributed by atoms with van der Waals surface area (Å²) >= 11 is 0. The Bertz CT molecular complexity index is 787. The summed E-state index contributed by atoms with van der Waals surface area (Å²) in [7, 11) is 0. The Balaban J connectivity index is 2.45. The lowest BCUT2D eigenvalue weighted by atomic mass is 10.0. The number of rotatable bonds is 6. The van der Waals surface area contributed by atoms with Crippen LogP contribution in [0.2, 0.25) is 0 Å². The number of carbonyl (C=O) groups excluding carboxylic acids is 2. The first-order chi connectivity index (χ1) is 13.2. The maximum Gasteiger partial charge on any atom is 0.440 e. The van der Waals surface area contributed by atoms with Gasteiger partial charge in [0.15, 0.2) is 6.61 Å². The standard InChI is InChI=1S/C17H18F6N2O4/c1-15(2,3)25(17(21,22)14(27)29-23)13(26)11-6-12(28-8-16(18,19)20)10(7-24-11)9-4-5-9/h6-7,9H,4-5,8H2,1-3H3. The van der Waals surface area contributed by atoms with Gasteiger partial charge in [0.2, 0.25) is 0 Å². The van der Waals surface area contributed by atoms with Gasteiger partial charge in [-0.3, -0.25) is 14.7 Å². The zero-order chi connectivity index (χ0) is 22.2. The molecular formula is C17H18F6N2O4. The van der Waals surface area contributed by atoms with Crippen LogP contribution in [-0.4, -0.2) is 46.1 Å². The molecule has 1 heterocycles. The van der Waals surface area contributed by atoms with E-state index in [1.807, 2.05) is 0 Å². The number of halogens is 6. The number of nitrogens with zero attached hydrogens (tertiary/aromatic N) is 2. The highest BCUT2D eigenvalue weighted by Crippen LogP contribution is 2.44. The third-order valence-electron chi connectivity index (χ3n) is 3.99.